The first kappa shape index (κ1) is 14.1. The van der Waals surface area contributed by atoms with Crippen LogP contribution >= 0.6 is 15.9 Å². The fourth-order valence-corrected chi connectivity index (χ4v) is 2.29. The van der Waals surface area contributed by atoms with Crippen molar-refractivity contribution >= 4 is 33.3 Å². The molecule has 0 atom stereocenters. The van der Waals surface area contributed by atoms with Crippen molar-refractivity contribution in [2.24, 2.45) is 0 Å². The monoisotopic (exact) mass is 330 g/mol. The van der Waals surface area contributed by atoms with Crippen LogP contribution in [0.25, 0.3) is 0 Å². The number of aromatic carboxylic acids is 1. The van der Waals surface area contributed by atoms with Crippen LogP contribution in [0.15, 0.2) is 40.9 Å². The summed E-state index contributed by atoms with van der Waals surface area (Å²) < 4.78 is 0.629. The number of nitrogens with one attached hydrogen (secondary N) is 1. The molecule has 0 heterocycles. The summed E-state index contributed by atoms with van der Waals surface area (Å²) in [6.07, 6.45) is 0. The molecule has 0 aliphatic heterocycles. The van der Waals surface area contributed by atoms with Crippen LogP contribution in [0.2, 0.25) is 0 Å². The van der Waals surface area contributed by atoms with Gasteiger partial charge in [0.05, 0.1) is 22.5 Å². The lowest BCUT2D eigenvalue weighted by atomic mass is 10.1. The Labute approximate surface area is 124 Å². The Hall–Kier alpha value is -2.32. The second-order valence-corrected chi connectivity index (χ2v) is 5.09. The fraction of sp³-hybridized carbons (Fsp3) is 0.0667. The zero-order valence-corrected chi connectivity index (χ0v) is 12.2. The van der Waals surface area contributed by atoms with Crippen LogP contribution in [0.5, 0.6) is 0 Å². The highest BCUT2D eigenvalue weighted by molar-refractivity contribution is 9.10. The molecular formula is C15H11BrN2O2. The van der Waals surface area contributed by atoms with E-state index in [1.165, 1.54) is 12.1 Å². The van der Waals surface area contributed by atoms with Gasteiger partial charge in [-0.1, -0.05) is 12.1 Å². The van der Waals surface area contributed by atoms with Crippen LogP contribution in [-0.4, -0.2) is 11.1 Å². The van der Waals surface area contributed by atoms with E-state index >= 15 is 0 Å². The standard InChI is InChI=1S/C15H11BrN2O2/c1-9-3-2-4-11(8-17)14(9)18-13-6-5-10(15(19)20)7-12(13)16/h2-7,18H,1H3,(H,19,20). The van der Waals surface area contributed by atoms with Gasteiger partial charge in [0.1, 0.15) is 6.07 Å². The lowest BCUT2D eigenvalue weighted by molar-refractivity contribution is 0.0697. The summed E-state index contributed by atoms with van der Waals surface area (Å²) in [7, 11) is 0. The Kier molecular flexibility index (Phi) is 4.06. The quantitative estimate of drug-likeness (QED) is 0.889. The molecule has 0 fully saturated rings. The third kappa shape index (κ3) is 2.81. The van der Waals surface area contributed by atoms with E-state index in [0.717, 1.165) is 11.3 Å². The Bertz CT molecular complexity index is 720. The molecule has 2 N–H and O–H groups in total. The van der Waals surface area contributed by atoms with Crippen LogP contribution < -0.4 is 5.32 Å². The van der Waals surface area contributed by atoms with Crippen molar-refractivity contribution in [3.63, 3.8) is 0 Å². The summed E-state index contributed by atoms with van der Waals surface area (Å²) in [5.41, 5.74) is 3.12. The van der Waals surface area contributed by atoms with Gasteiger partial charge in [-0.25, -0.2) is 4.79 Å². The van der Waals surface area contributed by atoms with Crippen molar-refractivity contribution in [2.45, 2.75) is 6.92 Å². The van der Waals surface area contributed by atoms with E-state index in [2.05, 4.69) is 27.3 Å². The highest BCUT2D eigenvalue weighted by Gasteiger charge is 2.10. The third-order valence-corrected chi connectivity index (χ3v) is 3.53. The average Bonchev–Trinajstić information content (AvgIpc) is 2.42. The van der Waals surface area contributed by atoms with E-state index in [4.69, 9.17) is 10.4 Å². The van der Waals surface area contributed by atoms with Crippen LogP contribution in [0.1, 0.15) is 21.5 Å². The molecule has 0 saturated heterocycles. The van der Waals surface area contributed by atoms with Crippen molar-refractivity contribution < 1.29 is 9.90 Å². The molecule has 100 valence electrons. The molecule has 0 amide bonds. The highest BCUT2D eigenvalue weighted by Crippen LogP contribution is 2.30. The minimum Gasteiger partial charge on any atom is -0.478 e. The second kappa shape index (κ2) is 5.76. The van der Waals surface area contributed by atoms with Crippen molar-refractivity contribution in [2.75, 3.05) is 5.32 Å². The largest absolute Gasteiger partial charge is 0.478 e. The first-order valence-corrected chi connectivity index (χ1v) is 6.62. The Balaban J connectivity index is 2.41. The maximum atomic E-state index is 10.9. The summed E-state index contributed by atoms with van der Waals surface area (Å²) in [5.74, 6) is -0.981. The normalized spacial score (nSPS) is 9.85. The van der Waals surface area contributed by atoms with E-state index in [1.54, 1.807) is 12.1 Å². The number of carbonyl (C=O) groups is 1. The van der Waals surface area contributed by atoms with E-state index < -0.39 is 5.97 Å². The SMILES string of the molecule is Cc1cccc(C#N)c1Nc1ccc(C(=O)O)cc1Br. The first-order chi connectivity index (χ1) is 9.52. The molecule has 4 nitrogen and oxygen atoms in total. The van der Waals surface area contributed by atoms with E-state index in [9.17, 15) is 4.79 Å². The zero-order valence-electron chi connectivity index (χ0n) is 10.6. The summed E-state index contributed by atoms with van der Waals surface area (Å²) in [6.45, 7) is 1.91. The summed E-state index contributed by atoms with van der Waals surface area (Å²) in [6, 6.07) is 12.3. The topological polar surface area (TPSA) is 73.1 Å². The fourth-order valence-electron chi connectivity index (χ4n) is 1.81. The molecule has 0 spiro atoms. The number of aryl methyl sites for hydroxylation is 1. The molecule has 0 saturated carbocycles. The molecule has 0 aromatic heterocycles. The number of nitrogens with zero attached hydrogens (tertiary/aromatic N) is 1. The zero-order chi connectivity index (χ0) is 14.7. The molecule has 2 rings (SSSR count). The molecular weight excluding hydrogens is 320 g/mol. The van der Waals surface area contributed by atoms with Crippen molar-refractivity contribution in [3.8, 4) is 6.07 Å². The predicted molar refractivity (Wildman–Crippen MR) is 80.3 cm³/mol. The number of carboxylic acid groups (broad SMARTS) is 1. The van der Waals surface area contributed by atoms with Crippen LogP contribution in [0.4, 0.5) is 11.4 Å². The predicted octanol–water partition coefficient (Wildman–Crippen LogP) is 4.07. The summed E-state index contributed by atoms with van der Waals surface area (Å²) in [5, 5.41) is 21.2. The number of hydrogen-bond acceptors (Lipinski definition) is 3. The number of halogens is 1. The van der Waals surface area contributed by atoms with Gasteiger partial charge in [0.2, 0.25) is 0 Å². The van der Waals surface area contributed by atoms with Crippen LogP contribution in [-0.2, 0) is 0 Å². The van der Waals surface area contributed by atoms with Crippen molar-refractivity contribution in [3.05, 3.63) is 57.6 Å². The Morgan fingerprint density at radius 2 is 2.10 bits per heavy atom. The minimum absolute atomic E-state index is 0.202. The number of nitriles is 1. The highest BCUT2D eigenvalue weighted by atomic mass is 79.9. The third-order valence-electron chi connectivity index (χ3n) is 2.87. The number of carboxylic acids is 1. The molecule has 0 bridgehead atoms. The Morgan fingerprint density at radius 1 is 1.35 bits per heavy atom. The van der Waals surface area contributed by atoms with Gasteiger partial charge >= 0.3 is 5.97 Å². The molecule has 0 aliphatic rings. The summed E-state index contributed by atoms with van der Waals surface area (Å²) >= 11 is 3.34. The molecule has 0 unspecified atom stereocenters. The molecule has 2 aromatic carbocycles. The van der Waals surface area contributed by atoms with Gasteiger partial charge in [0.25, 0.3) is 0 Å². The molecule has 5 heteroatoms. The summed E-state index contributed by atoms with van der Waals surface area (Å²) in [4.78, 5) is 10.9. The van der Waals surface area contributed by atoms with Crippen molar-refractivity contribution in [1.29, 1.82) is 5.26 Å². The number of para-hydroxylation sites is 1. The van der Waals surface area contributed by atoms with Gasteiger partial charge in [0, 0.05) is 4.47 Å². The van der Waals surface area contributed by atoms with Crippen molar-refractivity contribution in [1.82, 2.24) is 0 Å². The first-order valence-electron chi connectivity index (χ1n) is 5.82. The smallest absolute Gasteiger partial charge is 0.335 e. The Morgan fingerprint density at radius 3 is 2.70 bits per heavy atom. The van der Waals surface area contributed by atoms with E-state index in [1.807, 2.05) is 19.1 Å². The van der Waals surface area contributed by atoms with Gasteiger partial charge in [-0.05, 0) is 52.7 Å². The van der Waals surface area contributed by atoms with Gasteiger partial charge in [-0.2, -0.15) is 5.26 Å². The van der Waals surface area contributed by atoms with E-state index in [-0.39, 0.29) is 5.56 Å². The second-order valence-electron chi connectivity index (χ2n) is 4.23. The lowest BCUT2D eigenvalue weighted by Gasteiger charge is -2.13. The molecule has 0 radical (unpaired) electrons. The molecule has 0 aliphatic carbocycles. The van der Waals surface area contributed by atoms with Gasteiger partial charge in [0.15, 0.2) is 0 Å². The number of anilines is 2. The van der Waals surface area contributed by atoms with Crippen LogP contribution in [0, 0.1) is 18.3 Å². The van der Waals surface area contributed by atoms with Crippen LogP contribution in [0.3, 0.4) is 0 Å². The van der Waals surface area contributed by atoms with Gasteiger partial charge in [-0.15, -0.1) is 0 Å². The minimum atomic E-state index is -0.981. The molecule has 20 heavy (non-hydrogen) atoms. The maximum Gasteiger partial charge on any atom is 0.335 e. The van der Waals surface area contributed by atoms with Gasteiger partial charge in [-0.3, -0.25) is 0 Å². The van der Waals surface area contributed by atoms with E-state index in [0.29, 0.717) is 15.7 Å². The average molecular weight is 331 g/mol. The number of benzene rings is 2. The van der Waals surface area contributed by atoms with Gasteiger partial charge < -0.3 is 10.4 Å². The molecule has 2 aromatic rings. The number of hydrogen-bond donors (Lipinski definition) is 2. The number of rotatable bonds is 3. The maximum absolute atomic E-state index is 10.9. The lowest BCUT2D eigenvalue weighted by Crippen LogP contribution is -2.00.